The lowest BCUT2D eigenvalue weighted by molar-refractivity contribution is 0.336. The number of anilines is 2. The van der Waals surface area contributed by atoms with E-state index in [-0.39, 0.29) is 5.75 Å². The van der Waals surface area contributed by atoms with Gasteiger partial charge in [0.2, 0.25) is 0 Å². The Morgan fingerprint density at radius 1 is 1.37 bits per heavy atom. The van der Waals surface area contributed by atoms with Crippen molar-refractivity contribution in [3.63, 3.8) is 0 Å². The fourth-order valence-corrected chi connectivity index (χ4v) is 2.97. The summed E-state index contributed by atoms with van der Waals surface area (Å²) >= 11 is 0. The van der Waals surface area contributed by atoms with Crippen LogP contribution in [0.4, 0.5) is 15.8 Å². The third kappa shape index (κ3) is 2.94. The summed E-state index contributed by atoms with van der Waals surface area (Å²) in [5.41, 5.74) is 7.28. The van der Waals surface area contributed by atoms with Gasteiger partial charge < -0.3 is 15.4 Å². The van der Waals surface area contributed by atoms with E-state index in [1.54, 1.807) is 6.07 Å². The molecule has 0 amide bonds. The van der Waals surface area contributed by atoms with Crippen molar-refractivity contribution in [2.75, 3.05) is 24.8 Å². The summed E-state index contributed by atoms with van der Waals surface area (Å²) in [4.78, 5) is 2.17. The molecule has 0 bridgehead atoms. The summed E-state index contributed by atoms with van der Waals surface area (Å²) in [5.74, 6) is 0.582. The van der Waals surface area contributed by atoms with Crippen LogP contribution in [-0.4, -0.2) is 20.2 Å². The lowest BCUT2D eigenvalue weighted by Crippen LogP contribution is -2.36. The van der Waals surface area contributed by atoms with E-state index in [0.717, 1.165) is 18.0 Å². The van der Waals surface area contributed by atoms with Crippen molar-refractivity contribution in [2.45, 2.75) is 38.6 Å². The molecule has 2 unspecified atom stereocenters. The van der Waals surface area contributed by atoms with Gasteiger partial charge in [-0.1, -0.05) is 19.8 Å². The Balaban J connectivity index is 2.25. The van der Waals surface area contributed by atoms with Crippen LogP contribution in [0.25, 0.3) is 0 Å². The number of halogens is 1. The van der Waals surface area contributed by atoms with E-state index in [0.29, 0.717) is 11.7 Å². The van der Waals surface area contributed by atoms with Crippen molar-refractivity contribution in [3.05, 3.63) is 17.9 Å². The molecule has 2 N–H and O–H groups in total. The lowest BCUT2D eigenvalue weighted by atomic mass is 9.86. The van der Waals surface area contributed by atoms with E-state index in [4.69, 9.17) is 10.5 Å². The highest BCUT2D eigenvalue weighted by atomic mass is 19.1. The van der Waals surface area contributed by atoms with Crippen molar-refractivity contribution in [1.29, 1.82) is 0 Å². The number of hydrogen-bond donors (Lipinski definition) is 1. The molecular weight excluding hydrogens is 243 g/mol. The molecule has 19 heavy (non-hydrogen) atoms. The topological polar surface area (TPSA) is 38.5 Å². The number of ether oxygens (including phenoxy) is 1. The van der Waals surface area contributed by atoms with Crippen molar-refractivity contribution in [2.24, 2.45) is 5.92 Å². The summed E-state index contributed by atoms with van der Waals surface area (Å²) in [6.45, 7) is 2.29. The molecule has 0 aromatic heterocycles. The second kappa shape index (κ2) is 5.68. The third-order valence-corrected chi connectivity index (χ3v) is 4.14. The Bertz CT molecular complexity index is 450. The first-order valence-electron chi connectivity index (χ1n) is 6.88. The zero-order valence-electron chi connectivity index (χ0n) is 11.9. The van der Waals surface area contributed by atoms with Crippen molar-refractivity contribution >= 4 is 11.4 Å². The van der Waals surface area contributed by atoms with Gasteiger partial charge >= 0.3 is 0 Å². The Morgan fingerprint density at radius 2 is 2.11 bits per heavy atom. The van der Waals surface area contributed by atoms with Crippen LogP contribution in [0.15, 0.2) is 12.1 Å². The van der Waals surface area contributed by atoms with Gasteiger partial charge in [-0.15, -0.1) is 0 Å². The minimum Gasteiger partial charge on any atom is -0.494 e. The van der Waals surface area contributed by atoms with E-state index < -0.39 is 5.82 Å². The van der Waals surface area contributed by atoms with Crippen LogP contribution in [-0.2, 0) is 0 Å². The highest BCUT2D eigenvalue weighted by molar-refractivity contribution is 5.70. The smallest absolute Gasteiger partial charge is 0.167 e. The van der Waals surface area contributed by atoms with Crippen LogP contribution in [0.1, 0.15) is 32.6 Å². The summed E-state index contributed by atoms with van der Waals surface area (Å²) < 4.78 is 18.6. The summed E-state index contributed by atoms with van der Waals surface area (Å²) in [6.07, 6.45) is 4.87. The second-order valence-corrected chi connectivity index (χ2v) is 5.58. The van der Waals surface area contributed by atoms with Gasteiger partial charge in [-0.3, -0.25) is 0 Å². The minimum absolute atomic E-state index is 0.250. The Kier molecular flexibility index (Phi) is 4.17. The first kappa shape index (κ1) is 14.0. The Hall–Kier alpha value is -1.45. The maximum absolute atomic E-state index is 13.6. The third-order valence-electron chi connectivity index (χ3n) is 4.14. The Labute approximate surface area is 114 Å². The molecule has 1 aliphatic carbocycles. The predicted molar refractivity (Wildman–Crippen MR) is 77.2 cm³/mol. The van der Waals surface area contributed by atoms with Crippen LogP contribution in [0.3, 0.4) is 0 Å². The maximum Gasteiger partial charge on any atom is 0.167 e. The number of hydrogen-bond acceptors (Lipinski definition) is 3. The van der Waals surface area contributed by atoms with E-state index >= 15 is 0 Å². The van der Waals surface area contributed by atoms with Gasteiger partial charge in [0.25, 0.3) is 0 Å². The van der Waals surface area contributed by atoms with E-state index in [2.05, 4.69) is 11.8 Å². The van der Waals surface area contributed by atoms with Gasteiger partial charge in [-0.05, 0) is 18.8 Å². The summed E-state index contributed by atoms with van der Waals surface area (Å²) in [6, 6.07) is 3.52. The average molecular weight is 266 g/mol. The second-order valence-electron chi connectivity index (χ2n) is 5.58. The molecule has 1 saturated carbocycles. The fraction of sp³-hybridized carbons (Fsp3) is 0.600. The molecule has 4 heteroatoms. The zero-order valence-corrected chi connectivity index (χ0v) is 11.9. The number of methoxy groups -OCH3 is 1. The van der Waals surface area contributed by atoms with E-state index in [9.17, 15) is 4.39 Å². The first-order chi connectivity index (χ1) is 9.02. The normalized spacial score (nSPS) is 23.2. The molecule has 0 radical (unpaired) electrons. The van der Waals surface area contributed by atoms with Gasteiger partial charge in [0.15, 0.2) is 11.6 Å². The van der Waals surface area contributed by atoms with Gasteiger partial charge in [-0.2, -0.15) is 0 Å². The first-order valence-corrected chi connectivity index (χ1v) is 6.88. The summed E-state index contributed by atoms with van der Waals surface area (Å²) in [5, 5.41) is 0. The fourth-order valence-electron chi connectivity index (χ4n) is 2.97. The molecule has 2 atom stereocenters. The van der Waals surface area contributed by atoms with E-state index in [1.807, 2.05) is 7.05 Å². The molecule has 0 saturated heterocycles. The quantitative estimate of drug-likeness (QED) is 0.852. The van der Waals surface area contributed by atoms with Crippen LogP contribution >= 0.6 is 0 Å². The highest BCUT2D eigenvalue weighted by Gasteiger charge is 2.24. The van der Waals surface area contributed by atoms with Crippen LogP contribution in [0, 0.1) is 11.7 Å². The molecule has 0 spiro atoms. The molecule has 3 nitrogen and oxygen atoms in total. The number of rotatable bonds is 3. The van der Waals surface area contributed by atoms with Gasteiger partial charge in [0.1, 0.15) is 0 Å². The molecule has 1 aromatic rings. The molecule has 0 aliphatic heterocycles. The molecule has 1 aromatic carbocycles. The standard InChI is InChI=1S/C15H23FN2O/c1-10-5-4-6-11(7-10)18(2)14-9-15(19-3)12(16)8-13(14)17/h8-11H,4-7,17H2,1-3H3. The molecule has 1 fully saturated rings. The molecule has 2 rings (SSSR count). The molecule has 0 heterocycles. The summed E-state index contributed by atoms with van der Waals surface area (Å²) in [7, 11) is 3.51. The van der Waals surface area contributed by atoms with E-state index in [1.165, 1.54) is 32.4 Å². The number of nitrogen functional groups attached to an aromatic ring is 1. The number of benzene rings is 1. The number of nitrogens with zero attached hydrogens (tertiary/aromatic N) is 1. The lowest BCUT2D eigenvalue weighted by Gasteiger charge is -2.36. The Morgan fingerprint density at radius 3 is 2.74 bits per heavy atom. The highest BCUT2D eigenvalue weighted by Crippen LogP contribution is 2.35. The largest absolute Gasteiger partial charge is 0.494 e. The monoisotopic (exact) mass is 266 g/mol. The van der Waals surface area contributed by atoms with Crippen molar-refractivity contribution in [1.82, 2.24) is 0 Å². The van der Waals surface area contributed by atoms with Crippen molar-refractivity contribution in [3.8, 4) is 5.75 Å². The predicted octanol–water partition coefficient (Wildman–Crippen LogP) is 3.43. The average Bonchev–Trinajstić information content (AvgIpc) is 2.38. The van der Waals surface area contributed by atoms with Crippen LogP contribution in [0.2, 0.25) is 0 Å². The van der Waals surface area contributed by atoms with Gasteiger partial charge in [0.05, 0.1) is 18.5 Å². The van der Waals surface area contributed by atoms with Gasteiger partial charge in [0, 0.05) is 25.2 Å². The molecular formula is C15H23FN2O. The maximum atomic E-state index is 13.6. The van der Waals surface area contributed by atoms with Crippen LogP contribution < -0.4 is 15.4 Å². The SMILES string of the molecule is COc1cc(N(C)C2CCCC(C)C2)c(N)cc1F. The molecule has 1 aliphatic rings. The minimum atomic E-state index is -0.408. The van der Waals surface area contributed by atoms with Crippen LogP contribution in [0.5, 0.6) is 5.75 Å². The zero-order chi connectivity index (χ0) is 14.0. The number of nitrogens with two attached hydrogens (primary N) is 1. The van der Waals surface area contributed by atoms with Gasteiger partial charge in [-0.25, -0.2) is 4.39 Å². The van der Waals surface area contributed by atoms with Crippen molar-refractivity contribution < 1.29 is 9.13 Å². The molecule has 106 valence electrons.